The number of nitrogens with zero attached hydrogens (tertiary/aromatic N) is 1. The number of pyridine rings is 1. The van der Waals surface area contributed by atoms with E-state index < -0.39 is 9.84 Å². The second-order valence-corrected chi connectivity index (χ2v) is 7.02. The van der Waals surface area contributed by atoms with Gasteiger partial charge < -0.3 is 5.73 Å². The van der Waals surface area contributed by atoms with Crippen molar-refractivity contribution in [2.45, 2.75) is 11.3 Å². The van der Waals surface area contributed by atoms with Crippen LogP contribution in [0, 0.1) is 0 Å². The van der Waals surface area contributed by atoms with E-state index in [-0.39, 0.29) is 5.75 Å². The van der Waals surface area contributed by atoms with Gasteiger partial charge in [-0.2, -0.15) is 0 Å². The second-order valence-electron chi connectivity index (χ2n) is 4.09. The molecule has 0 bridgehead atoms. The molecule has 2 N–H and O–H groups in total. The van der Waals surface area contributed by atoms with Gasteiger partial charge in [0.05, 0.1) is 10.6 Å². The Morgan fingerprint density at radius 3 is 2.63 bits per heavy atom. The molecule has 0 aliphatic carbocycles. The SMILES string of the molecule is Nc1cc(CCS(=O)(=O)c2ccccc2Br)ccn1. The van der Waals surface area contributed by atoms with Crippen molar-refractivity contribution in [3.8, 4) is 0 Å². The molecule has 0 unspecified atom stereocenters. The number of sulfone groups is 1. The molecule has 19 heavy (non-hydrogen) atoms. The zero-order chi connectivity index (χ0) is 13.9. The van der Waals surface area contributed by atoms with Gasteiger partial charge in [-0.1, -0.05) is 12.1 Å². The van der Waals surface area contributed by atoms with E-state index in [1.807, 2.05) is 0 Å². The van der Waals surface area contributed by atoms with Crippen molar-refractivity contribution >= 4 is 31.6 Å². The first kappa shape index (κ1) is 14.0. The number of nitrogen functional groups attached to an aromatic ring is 1. The maximum atomic E-state index is 12.2. The molecule has 1 aromatic heterocycles. The molecule has 0 atom stereocenters. The average Bonchev–Trinajstić information content (AvgIpc) is 2.37. The Labute approximate surface area is 120 Å². The van der Waals surface area contributed by atoms with E-state index in [2.05, 4.69) is 20.9 Å². The summed E-state index contributed by atoms with van der Waals surface area (Å²) in [7, 11) is -3.31. The zero-order valence-electron chi connectivity index (χ0n) is 10.1. The number of hydrogen-bond donors (Lipinski definition) is 1. The van der Waals surface area contributed by atoms with Crippen LogP contribution in [0.5, 0.6) is 0 Å². The van der Waals surface area contributed by atoms with Crippen LogP contribution in [0.4, 0.5) is 5.82 Å². The molecule has 4 nitrogen and oxygen atoms in total. The Hall–Kier alpha value is -1.40. The average molecular weight is 341 g/mol. The number of benzene rings is 1. The highest BCUT2D eigenvalue weighted by Gasteiger charge is 2.17. The minimum Gasteiger partial charge on any atom is -0.384 e. The van der Waals surface area contributed by atoms with Crippen LogP contribution in [0.1, 0.15) is 5.56 Å². The van der Waals surface area contributed by atoms with E-state index in [0.29, 0.717) is 21.6 Å². The molecule has 0 amide bonds. The summed E-state index contributed by atoms with van der Waals surface area (Å²) < 4.78 is 25.1. The highest BCUT2D eigenvalue weighted by molar-refractivity contribution is 9.10. The third kappa shape index (κ3) is 3.54. The van der Waals surface area contributed by atoms with Gasteiger partial charge in [0.1, 0.15) is 5.82 Å². The fraction of sp³-hybridized carbons (Fsp3) is 0.154. The van der Waals surface area contributed by atoms with Gasteiger partial charge in [0.2, 0.25) is 0 Å². The minimum absolute atomic E-state index is 0.0407. The summed E-state index contributed by atoms with van der Waals surface area (Å²) in [5.41, 5.74) is 6.43. The molecule has 0 aliphatic rings. The van der Waals surface area contributed by atoms with Crippen LogP contribution in [0.2, 0.25) is 0 Å². The number of nitrogens with two attached hydrogens (primary N) is 1. The van der Waals surface area contributed by atoms with Crippen LogP contribution in [0.25, 0.3) is 0 Å². The molecular formula is C13H13BrN2O2S. The molecule has 1 heterocycles. The molecule has 0 saturated heterocycles. The van der Waals surface area contributed by atoms with E-state index in [1.165, 1.54) is 0 Å². The molecule has 2 aromatic rings. The van der Waals surface area contributed by atoms with Crippen molar-refractivity contribution < 1.29 is 8.42 Å². The first-order valence-electron chi connectivity index (χ1n) is 5.67. The number of aryl methyl sites for hydroxylation is 1. The number of halogens is 1. The van der Waals surface area contributed by atoms with Crippen molar-refractivity contribution in [1.29, 1.82) is 0 Å². The maximum Gasteiger partial charge on any atom is 0.179 e. The van der Waals surface area contributed by atoms with Crippen LogP contribution in [0.15, 0.2) is 52.0 Å². The van der Waals surface area contributed by atoms with Gasteiger partial charge in [-0.15, -0.1) is 0 Å². The standard InChI is InChI=1S/C13H13BrN2O2S/c14-11-3-1-2-4-12(11)19(17,18)8-6-10-5-7-16-13(15)9-10/h1-5,7,9H,6,8H2,(H2,15,16). The molecule has 0 saturated carbocycles. The first-order valence-corrected chi connectivity index (χ1v) is 8.11. The molecule has 0 spiro atoms. The normalized spacial score (nSPS) is 11.4. The molecular weight excluding hydrogens is 328 g/mol. The van der Waals surface area contributed by atoms with E-state index in [1.54, 1.807) is 42.6 Å². The van der Waals surface area contributed by atoms with Crippen molar-refractivity contribution in [3.05, 3.63) is 52.6 Å². The Morgan fingerprint density at radius 2 is 1.95 bits per heavy atom. The molecule has 100 valence electrons. The summed E-state index contributed by atoms with van der Waals surface area (Å²) in [5.74, 6) is 0.440. The van der Waals surface area contributed by atoms with Crippen molar-refractivity contribution in [1.82, 2.24) is 4.98 Å². The summed E-state index contributed by atoms with van der Waals surface area (Å²) in [6.07, 6.45) is 1.99. The lowest BCUT2D eigenvalue weighted by Gasteiger charge is -2.06. The van der Waals surface area contributed by atoms with Gasteiger partial charge in [0.25, 0.3) is 0 Å². The third-order valence-electron chi connectivity index (χ3n) is 2.68. The van der Waals surface area contributed by atoms with Gasteiger partial charge in [0, 0.05) is 10.7 Å². The van der Waals surface area contributed by atoms with Crippen LogP contribution in [-0.2, 0) is 16.3 Å². The predicted molar refractivity (Wildman–Crippen MR) is 78.5 cm³/mol. The van der Waals surface area contributed by atoms with Crippen LogP contribution < -0.4 is 5.73 Å². The Kier molecular flexibility index (Phi) is 4.21. The van der Waals surface area contributed by atoms with Gasteiger partial charge >= 0.3 is 0 Å². The smallest absolute Gasteiger partial charge is 0.179 e. The monoisotopic (exact) mass is 340 g/mol. The number of hydrogen-bond acceptors (Lipinski definition) is 4. The highest BCUT2D eigenvalue weighted by atomic mass is 79.9. The molecule has 2 rings (SSSR count). The number of anilines is 1. The van der Waals surface area contributed by atoms with Crippen LogP contribution >= 0.6 is 15.9 Å². The molecule has 0 radical (unpaired) electrons. The molecule has 1 aromatic carbocycles. The quantitative estimate of drug-likeness (QED) is 0.927. The Bertz CT molecular complexity index is 687. The second kappa shape index (κ2) is 5.71. The molecule has 6 heteroatoms. The fourth-order valence-electron chi connectivity index (χ4n) is 1.71. The van der Waals surface area contributed by atoms with Gasteiger partial charge in [0.15, 0.2) is 9.84 Å². The topological polar surface area (TPSA) is 73.1 Å². The third-order valence-corrected chi connectivity index (χ3v) is 5.40. The lowest BCUT2D eigenvalue weighted by atomic mass is 10.2. The van der Waals surface area contributed by atoms with Crippen LogP contribution in [-0.4, -0.2) is 19.2 Å². The maximum absolute atomic E-state index is 12.2. The van der Waals surface area contributed by atoms with Gasteiger partial charge in [-0.25, -0.2) is 13.4 Å². The van der Waals surface area contributed by atoms with Crippen molar-refractivity contribution in [2.75, 3.05) is 11.5 Å². The summed E-state index contributed by atoms with van der Waals surface area (Å²) in [6.45, 7) is 0. The van der Waals surface area contributed by atoms with E-state index in [4.69, 9.17) is 5.73 Å². The van der Waals surface area contributed by atoms with Crippen molar-refractivity contribution in [3.63, 3.8) is 0 Å². The predicted octanol–water partition coefficient (Wildman–Crippen LogP) is 2.44. The first-order chi connectivity index (χ1) is 8.99. The Balaban J connectivity index is 2.17. The fourth-order valence-corrected chi connectivity index (χ4v) is 4.11. The zero-order valence-corrected chi connectivity index (χ0v) is 12.5. The molecule has 0 fully saturated rings. The largest absolute Gasteiger partial charge is 0.384 e. The summed E-state index contributed by atoms with van der Waals surface area (Å²) >= 11 is 3.26. The van der Waals surface area contributed by atoms with Gasteiger partial charge in [-0.05, 0) is 52.2 Å². The van der Waals surface area contributed by atoms with E-state index in [9.17, 15) is 8.42 Å². The number of rotatable bonds is 4. The molecule has 0 aliphatic heterocycles. The highest BCUT2D eigenvalue weighted by Crippen LogP contribution is 2.23. The number of aromatic nitrogens is 1. The van der Waals surface area contributed by atoms with Crippen LogP contribution in [0.3, 0.4) is 0 Å². The van der Waals surface area contributed by atoms with E-state index in [0.717, 1.165) is 5.56 Å². The lowest BCUT2D eigenvalue weighted by molar-refractivity contribution is 0.595. The summed E-state index contributed by atoms with van der Waals surface area (Å²) in [4.78, 5) is 4.19. The Morgan fingerprint density at radius 1 is 1.21 bits per heavy atom. The van der Waals surface area contributed by atoms with E-state index >= 15 is 0 Å². The lowest BCUT2D eigenvalue weighted by Crippen LogP contribution is -2.10. The summed E-state index contributed by atoms with van der Waals surface area (Å²) in [6, 6.07) is 10.3. The summed E-state index contributed by atoms with van der Waals surface area (Å²) in [5, 5.41) is 0. The van der Waals surface area contributed by atoms with Crippen molar-refractivity contribution in [2.24, 2.45) is 0 Å². The minimum atomic E-state index is -3.31. The van der Waals surface area contributed by atoms with Gasteiger partial charge in [-0.3, -0.25) is 0 Å².